The summed E-state index contributed by atoms with van der Waals surface area (Å²) in [6.45, 7) is 0.142. The van der Waals surface area contributed by atoms with Gasteiger partial charge in [-0.25, -0.2) is 0 Å². The summed E-state index contributed by atoms with van der Waals surface area (Å²) in [5.41, 5.74) is 6.79. The van der Waals surface area contributed by atoms with Crippen LogP contribution in [0.5, 0.6) is 5.75 Å². The average molecular weight is 448 g/mol. The highest BCUT2D eigenvalue weighted by Gasteiger charge is 2.13. The highest BCUT2D eigenvalue weighted by Crippen LogP contribution is 2.26. The summed E-state index contributed by atoms with van der Waals surface area (Å²) in [6.07, 6.45) is 0.857. The molecule has 2 aromatic rings. The number of anilines is 1. The van der Waals surface area contributed by atoms with Gasteiger partial charge >= 0.3 is 0 Å². The molecule has 0 atom stereocenters. The van der Waals surface area contributed by atoms with Crippen LogP contribution in [0.3, 0.4) is 0 Å². The molecule has 0 saturated heterocycles. The minimum absolute atomic E-state index is 0.0533. The average Bonchev–Trinajstić information content (AvgIpc) is 2.66. The molecule has 0 aliphatic heterocycles. The highest BCUT2D eigenvalue weighted by atomic mass is 79.9. The van der Waals surface area contributed by atoms with E-state index in [0.717, 1.165) is 15.8 Å². The van der Waals surface area contributed by atoms with Crippen LogP contribution >= 0.6 is 15.9 Å². The molecule has 2 aromatic carbocycles. The van der Waals surface area contributed by atoms with Gasteiger partial charge in [0.05, 0.1) is 22.8 Å². The van der Waals surface area contributed by atoms with Crippen molar-refractivity contribution in [3.8, 4) is 5.75 Å². The van der Waals surface area contributed by atoms with Crippen molar-refractivity contribution in [1.29, 1.82) is 0 Å². The lowest BCUT2D eigenvalue weighted by atomic mass is 10.1. The van der Waals surface area contributed by atoms with Gasteiger partial charge < -0.3 is 21.1 Å². The molecule has 0 heterocycles. The van der Waals surface area contributed by atoms with E-state index in [1.807, 2.05) is 18.2 Å². The number of nitrogens with two attached hydrogens (primary N) is 1. The number of benzene rings is 2. The van der Waals surface area contributed by atoms with Crippen LogP contribution in [0.4, 0.5) is 5.69 Å². The molecule has 148 valence electrons. The third-order valence-corrected chi connectivity index (χ3v) is 4.58. The van der Waals surface area contributed by atoms with E-state index in [-0.39, 0.29) is 31.2 Å². The van der Waals surface area contributed by atoms with E-state index in [2.05, 4.69) is 26.6 Å². The van der Waals surface area contributed by atoms with Crippen molar-refractivity contribution in [3.63, 3.8) is 0 Å². The van der Waals surface area contributed by atoms with Gasteiger partial charge in [-0.1, -0.05) is 18.2 Å². The van der Waals surface area contributed by atoms with Crippen molar-refractivity contribution >= 4 is 39.3 Å². The van der Waals surface area contributed by atoms with Crippen LogP contribution < -0.4 is 21.1 Å². The van der Waals surface area contributed by atoms with Crippen LogP contribution in [-0.2, 0) is 16.0 Å². The van der Waals surface area contributed by atoms with Crippen molar-refractivity contribution in [1.82, 2.24) is 5.32 Å². The fourth-order valence-corrected chi connectivity index (χ4v) is 3.11. The second kappa shape index (κ2) is 10.5. The summed E-state index contributed by atoms with van der Waals surface area (Å²) < 4.78 is 6.02. The minimum Gasteiger partial charge on any atom is -0.496 e. The Kier molecular flexibility index (Phi) is 8.01. The molecule has 0 unspecified atom stereocenters. The third kappa shape index (κ3) is 6.38. The standard InChI is InChI=1S/C20H22BrN3O4/c1-28-17-8-6-13(12-15(17)21)7-9-19(26)24-16-5-3-2-4-14(16)20(27)23-11-10-18(22)25/h2-6,8,12H,7,9-11H2,1H3,(H2,22,25)(H,23,27)(H,24,26). The number of rotatable bonds is 9. The zero-order chi connectivity index (χ0) is 20.5. The topological polar surface area (TPSA) is 111 Å². The van der Waals surface area contributed by atoms with E-state index in [0.29, 0.717) is 17.7 Å². The fraction of sp³-hybridized carbons (Fsp3) is 0.250. The van der Waals surface area contributed by atoms with Crippen LogP contribution in [0.15, 0.2) is 46.9 Å². The molecule has 0 bridgehead atoms. The molecule has 0 fully saturated rings. The molecule has 8 heteroatoms. The van der Waals surface area contributed by atoms with Crippen LogP contribution in [0, 0.1) is 0 Å². The largest absolute Gasteiger partial charge is 0.496 e. The summed E-state index contributed by atoms with van der Waals surface area (Å²) in [6, 6.07) is 12.3. The Labute approximate surface area is 171 Å². The summed E-state index contributed by atoms with van der Waals surface area (Å²) in [5, 5.41) is 5.38. The van der Waals surface area contributed by atoms with Crippen molar-refractivity contribution in [2.45, 2.75) is 19.3 Å². The Balaban J connectivity index is 1.95. The van der Waals surface area contributed by atoms with Gasteiger partial charge in [0.25, 0.3) is 5.91 Å². The van der Waals surface area contributed by atoms with Crippen molar-refractivity contribution in [2.75, 3.05) is 19.0 Å². The van der Waals surface area contributed by atoms with E-state index in [4.69, 9.17) is 10.5 Å². The number of hydrogen-bond donors (Lipinski definition) is 3. The maximum Gasteiger partial charge on any atom is 0.253 e. The van der Waals surface area contributed by atoms with Gasteiger partial charge in [-0.3, -0.25) is 14.4 Å². The van der Waals surface area contributed by atoms with Gasteiger partial charge in [-0.15, -0.1) is 0 Å². The Hall–Kier alpha value is -2.87. The Morgan fingerprint density at radius 2 is 1.86 bits per heavy atom. The molecule has 0 aromatic heterocycles. The van der Waals surface area contributed by atoms with Crippen molar-refractivity contribution in [3.05, 3.63) is 58.1 Å². The molecule has 0 aliphatic carbocycles. The van der Waals surface area contributed by atoms with Gasteiger partial charge in [0.2, 0.25) is 11.8 Å². The summed E-state index contributed by atoms with van der Waals surface area (Å²) in [5.74, 6) is -0.350. The maximum absolute atomic E-state index is 12.3. The SMILES string of the molecule is COc1ccc(CCC(=O)Nc2ccccc2C(=O)NCCC(N)=O)cc1Br. The molecular formula is C20H22BrN3O4. The van der Waals surface area contributed by atoms with Crippen LogP contribution in [0.1, 0.15) is 28.8 Å². The van der Waals surface area contributed by atoms with Crippen molar-refractivity contribution < 1.29 is 19.1 Å². The number of amides is 3. The van der Waals surface area contributed by atoms with Crippen molar-refractivity contribution in [2.24, 2.45) is 5.73 Å². The lowest BCUT2D eigenvalue weighted by Gasteiger charge is -2.11. The van der Waals surface area contributed by atoms with Gasteiger partial charge in [0, 0.05) is 19.4 Å². The molecule has 0 saturated carbocycles. The first-order valence-electron chi connectivity index (χ1n) is 8.68. The summed E-state index contributed by atoms with van der Waals surface area (Å²) >= 11 is 3.42. The zero-order valence-corrected chi connectivity index (χ0v) is 17.0. The Morgan fingerprint density at radius 1 is 1.11 bits per heavy atom. The first-order valence-corrected chi connectivity index (χ1v) is 9.47. The monoisotopic (exact) mass is 447 g/mol. The number of carbonyl (C=O) groups is 3. The molecular weight excluding hydrogens is 426 g/mol. The Morgan fingerprint density at radius 3 is 2.54 bits per heavy atom. The van der Waals surface area contributed by atoms with E-state index in [1.54, 1.807) is 31.4 Å². The van der Waals surface area contributed by atoms with E-state index < -0.39 is 5.91 Å². The molecule has 0 radical (unpaired) electrons. The molecule has 0 aliphatic rings. The number of methoxy groups -OCH3 is 1. The van der Waals surface area contributed by atoms with E-state index in [9.17, 15) is 14.4 Å². The normalized spacial score (nSPS) is 10.2. The zero-order valence-electron chi connectivity index (χ0n) is 15.5. The first kappa shape index (κ1) is 21.4. The predicted octanol–water partition coefficient (Wildman–Crippen LogP) is 2.63. The lowest BCUT2D eigenvalue weighted by molar-refractivity contribution is -0.118. The molecule has 0 spiro atoms. The third-order valence-electron chi connectivity index (χ3n) is 3.96. The van der Waals surface area contributed by atoms with Gasteiger partial charge in [0.1, 0.15) is 5.75 Å². The van der Waals surface area contributed by atoms with Gasteiger partial charge in [-0.05, 0) is 52.2 Å². The predicted molar refractivity (Wildman–Crippen MR) is 110 cm³/mol. The molecule has 4 N–H and O–H groups in total. The number of hydrogen-bond acceptors (Lipinski definition) is 4. The van der Waals surface area contributed by atoms with Gasteiger partial charge in [-0.2, -0.15) is 0 Å². The number of carbonyl (C=O) groups excluding carboxylic acids is 3. The number of nitrogens with one attached hydrogen (secondary N) is 2. The fourth-order valence-electron chi connectivity index (χ4n) is 2.52. The summed E-state index contributed by atoms with van der Waals surface area (Å²) in [7, 11) is 1.59. The highest BCUT2D eigenvalue weighted by molar-refractivity contribution is 9.10. The second-order valence-electron chi connectivity index (χ2n) is 6.03. The quantitative estimate of drug-likeness (QED) is 0.548. The second-order valence-corrected chi connectivity index (χ2v) is 6.89. The molecule has 7 nitrogen and oxygen atoms in total. The number of para-hydroxylation sites is 1. The van der Waals surface area contributed by atoms with Gasteiger partial charge in [0.15, 0.2) is 0 Å². The number of primary amides is 1. The smallest absolute Gasteiger partial charge is 0.253 e. The maximum atomic E-state index is 12.3. The van der Waals surface area contributed by atoms with Crippen LogP contribution in [0.25, 0.3) is 0 Å². The molecule has 3 amide bonds. The number of aryl methyl sites for hydroxylation is 1. The number of ether oxygens (including phenoxy) is 1. The van der Waals surface area contributed by atoms with Crippen LogP contribution in [-0.4, -0.2) is 31.4 Å². The lowest BCUT2D eigenvalue weighted by Crippen LogP contribution is -2.28. The molecule has 2 rings (SSSR count). The minimum atomic E-state index is -0.493. The first-order chi connectivity index (χ1) is 13.4. The van der Waals surface area contributed by atoms with Crippen LogP contribution in [0.2, 0.25) is 0 Å². The van der Waals surface area contributed by atoms with E-state index >= 15 is 0 Å². The summed E-state index contributed by atoms with van der Waals surface area (Å²) in [4.78, 5) is 35.4. The number of halogens is 1. The molecule has 28 heavy (non-hydrogen) atoms. The van der Waals surface area contributed by atoms with E-state index in [1.165, 1.54) is 0 Å². The Bertz CT molecular complexity index is 870.